The number of hydrogen-bond donors (Lipinski definition) is 0. The predicted octanol–water partition coefficient (Wildman–Crippen LogP) is 4.50. The van der Waals surface area contributed by atoms with Crippen LogP contribution in [0.4, 0.5) is 0 Å². The molecule has 0 radical (unpaired) electrons. The van der Waals surface area contributed by atoms with E-state index in [1.54, 1.807) is 18.0 Å². The van der Waals surface area contributed by atoms with Gasteiger partial charge in [0.25, 0.3) is 0 Å². The van der Waals surface area contributed by atoms with E-state index < -0.39 is 0 Å². The smallest absolute Gasteiger partial charge is 0.223 e. The number of pyridine rings is 1. The second-order valence-corrected chi connectivity index (χ2v) is 5.96. The van der Waals surface area contributed by atoms with Crippen molar-refractivity contribution >= 4 is 51.1 Å². The number of rotatable bonds is 3. The lowest BCUT2D eigenvalue weighted by Gasteiger charge is -2.10. The summed E-state index contributed by atoms with van der Waals surface area (Å²) < 4.78 is 0. The van der Waals surface area contributed by atoms with Gasteiger partial charge >= 0.3 is 0 Å². The molecule has 1 heterocycles. The fraction of sp³-hybridized carbons (Fsp3) is 0.231. The molecule has 0 bridgehead atoms. The second kappa shape index (κ2) is 5.95. The van der Waals surface area contributed by atoms with Crippen molar-refractivity contribution in [2.24, 2.45) is 0 Å². The van der Waals surface area contributed by atoms with Crippen molar-refractivity contribution < 1.29 is 4.79 Å². The van der Waals surface area contributed by atoms with E-state index in [2.05, 4.69) is 4.98 Å². The molecule has 2 nitrogen and oxygen atoms in total. The fourth-order valence-electron chi connectivity index (χ4n) is 1.67. The molecule has 0 unspecified atom stereocenters. The van der Waals surface area contributed by atoms with Crippen molar-refractivity contribution in [2.45, 2.75) is 11.9 Å². The van der Waals surface area contributed by atoms with E-state index in [1.165, 1.54) is 0 Å². The van der Waals surface area contributed by atoms with Crippen LogP contribution in [0.25, 0.3) is 10.9 Å². The largest absolute Gasteiger partial charge is 0.281 e. The molecule has 5 heteroatoms. The number of thioether (sulfide) groups is 2. The summed E-state index contributed by atoms with van der Waals surface area (Å²) in [7, 11) is 0. The number of benzene rings is 1. The van der Waals surface area contributed by atoms with E-state index in [0.29, 0.717) is 10.6 Å². The van der Waals surface area contributed by atoms with Gasteiger partial charge < -0.3 is 0 Å². The molecule has 0 saturated carbocycles. The highest BCUT2D eigenvalue weighted by Gasteiger charge is 2.19. The molecule has 94 valence electrons. The monoisotopic (exact) mass is 297 g/mol. The number of nitrogens with zero attached hydrogens (tertiary/aromatic N) is 1. The highest BCUT2D eigenvalue weighted by atomic mass is 35.5. The number of para-hydroxylation sites is 1. The lowest BCUT2D eigenvalue weighted by Crippen LogP contribution is -2.01. The Hall–Kier alpha value is -0.710. The normalized spacial score (nSPS) is 10.8. The second-order valence-electron chi connectivity index (χ2n) is 3.55. The quantitative estimate of drug-likeness (QED) is 0.780. The average Bonchev–Trinajstić information content (AvgIpc) is 2.39. The predicted molar refractivity (Wildman–Crippen MR) is 81.0 cm³/mol. The van der Waals surface area contributed by atoms with Crippen LogP contribution in [0, 0.1) is 0 Å². The Balaban J connectivity index is 2.75. The molecule has 1 aromatic carbocycles. The van der Waals surface area contributed by atoms with E-state index in [-0.39, 0.29) is 5.12 Å². The third-order valence-corrected chi connectivity index (χ3v) is 4.29. The minimum Gasteiger partial charge on any atom is -0.281 e. The van der Waals surface area contributed by atoms with E-state index >= 15 is 0 Å². The minimum atomic E-state index is -0.0331. The van der Waals surface area contributed by atoms with Gasteiger partial charge in [0, 0.05) is 5.39 Å². The Morgan fingerprint density at radius 2 is 2.11 bits per heavy atom. The fourth-order valence-corrected chi connectivity index (χ4v) is 3.36. The van der Waals surface area contributed by atoms with Gasteiger partial charge in [0.1, 0.15) is 5.03 Å². The lowest BCUT2D eigenvalue weighted by atomic mass is 10.2. The molecule has 0 aliphatic carbocycles. The minimum absolute atomic E-state index is 0.0331. The highest BCUT2D eigenvalue weighted by molar-refractivity contribution is 8.13. The van der Waals surface area contributed by atoms with Crippen molar-refractivity contribution in [1.29, 1.82) is 0 Å². The first-order valence-electron chi connectivity index (χ1n) is 5.48. The van der Waals surface area contributed by atoms with Crippen LogP contribution in [0.5, 0.6) is 0 Å². The van der Waals surface area contributed by atoms with Gasteiger partial charge in [-0.1, -0.05) is 48.5 Å². The summed E-state index contributed by atoms with van der Waals surface area (Å²) in [6, 6.07) is 7.62. The first-order chi connectivity index (χ1) is 8.69. The summed E-state index contributed by atoms with van der Waals surface area (Å²) in [6.07, 6.45) is 1.76. The number of fused-ring (bicyclic) bond motifs is 1. The van der Waals surface area contributed by atoms with Crippen molar-refractivity contribution in [3.8, 4) is 0 Å². The maximum Gasteiger partial charge on any atom is 0.223 e. The van der Waals surface area contributed by atoms with Crippen LogP contribution in [0.1, 0.15) is 17.3 Å². The molecule has 0 aliphatic heterocycles. The van der Waals surface area contributed by atoms with Gasteiger partial charge in [0.15, 0.2) is 0 Å². The van der Waals surface area contributed by atoms with E-state index in [9.17, 15) is 4.79 Å². The van der Waals surface area contributed by atoms with Crippen molar-refractivity contribution in [3.63, 3.8) is 0 Å². The van der Waals surface area contributed by atoms with Crippen LogP contribution in [0.15, 0.2) is 29.3 Å². The maximum absolute atomic E-state index is 12.0. The molecule has 0 aliphatic rings. The zero-order chi connectivity index (χ0) is 13.1. The van der Waals surface area contributed by atoms with Gasteiger partial charge in [0.2, 0.25) is 5.12 Å². The average molecular weight is 298 g/mol. The Bertz CT molecular complexity index is 601. The molecule has 0 saturated heterocycles. The van der Waals surface area contributed by atoms with Crippen LogP contribution in [-0.2, 0) is 0 Å². The summed E-state index contributed by atoms with van der Waals surface area (Å²) in [4.78, 5) is 16.5. The lowest BCUT2D eigenvalue weighted by molar-refractivity contribution is 0.108. The third-order valence-electron chi connectivity index (χ3n) is 2.47. The van der Waals surface area contributed by atoms with Crippen LogP contribution < -0.4 is 0 Å². The number of aromatic nitrogens is 1. The molecular weight excluding hydrogens is 286 g/mol. The molecule has 2 rings (SSSR count). The zero-order valence-corrected chi connectivity index (χ0v) is 12.5. The summed E-state index contributed by atoms with van der Waals surface area (Å²) in [5.74, 6) is 0.857. The van der Waals surface area contributed by atoms with E-state index in [0.717, 1.165) is 33.4 Å². The van der Waals surface area contributed by atoms with Crippen molar-refractivity contribution in [3.05, 3.63) is 34.9 Å². The first-order valence-corrected chi connectivity index (χ1v) is 8.07. The Labute approximate surface area is 120 Å². The SMILES string of the molecule is CCSc1nc2ccccc2c(Cl)c1C(=O)SC. The summed E-state index contributed by atoms with van der Waals surface area (Å²) >= 11 is 9.08. The van der Waals surface area contributed by atoms with Crippen LogP contribution in [0.3, 0.4) is 0 Å². The molecule has 2 aromatic rings. The number of carbonyl (C=O) groups excluding carboxylic acids is 1. The Kier molecular flexibility index (Phi) is 4.54. The molecular formula is C13H12ClNOS2. The topological polar surface area (TPSA) is 30.0 Å². The van der Waals surface area contributed by atoms with Crippen LogP contribution in [-0.4, -0.2) is 22.1 Å². The summed E-state index contributed by atoms with van der Waals surface area (Å²) in [6.45, 7) is 2.03. The molecule has 0 fully saturated rings. The standard InChI is InChI=1S/C13H12ClNOS2/c1-3-18-12-10(13(16)17-2)11(14)8-6-4-5-7-9(8)15-12/h4-7H,3H2,1-2H3. The van der Waals surface area contributed by atoms with Crippen molar-refractivity contribution in [2.75, 3.05) is 12.0 Å². The Morgan fingerprint density at radius 3 is 2.78 bits per heavy atom. The summed E-state index contributed by atoms with van der Waals surface area (Å²) in [5.41, 5.74) is 1.37. The summed E-state index contributed by atoms with van der Waals surface area (Å²) in [5, 5.41) is 2.03. The van der Waals surface area contributed by atoms with Gasteiger partial charge in [0.05, 0.1) is 16.1 Å². The third kappa shape index (κ3) is 2.51. The molecule has 1 aromatic heterocycles. The van der Waals surface area contributed by atoms with Gasteiger partial charge in [-0.05, 0) is 18.1 Å². The number of carbonyl (C=O) groups is 1. The zero-order valence-electron chi connectivity index (χ0n) is 10.1. The highest BCUT2D eigenvalue weighted by Crippen LogP contribution is 2.34. The van der Waals surface area contributed by atoms with Crippen LogP contribution >= 0.6 is 35.1 Å². The van der Waals surface area contributed by atoms with Gasteiger partial charge in [-0.2, -0.15) is 0 Å². The van der Waals surface area contributed by atoms with Gasteiger partial charge in [-0.15, -0.1) is 11.8 Å². The Morgan fingerprint density at radius 1 is 1.39 bits per heavy atom. The van der Waals surface area contributed by atoms with Gasteiger partial charge in [-0.25, -0.2) is 4.98 Å². The molecule has 18 heavy (non-hydrogen) atoms. The van der Waals surface area contributed by atoms with E-state index in [4.69, 9.17) is 11.6 Å². The van der Waals surface area contributed by atoms with Crippen LogP contribution in [0.2, 0.25) is 5.02 Å². The number of hydrogen-bond acceptors (Lipinski definition) is 4. The maximum atomic E-state index is 12.0. The first kappa shape index (κ1) is 13.7. The molecule has 0 N–H and O–H groups in total. The van der Waals surface area contributed by atoms with Gasteiger partial charge in [-0.3, -0.25) is 4.79 Å². The van der Waals surface area contributed by atoms with E-state index in [1.807, 2.05) is 31.2 Å². The number of halogens is 1. The van der Waals surface area contributed by atoms with Crippen molar-refractivity contribution in [1.82, 2.24) is 4.98 Å². The molecule has 0 amide bonds. The molecule has 0 atom stereocenters. The molecule has 0 spiro atoms.